The van der Waals surface area contributed by atoms with Crippen molar-refractivity contribution in [1.82, 2.24) is 14.9 Å². The first-order chi connectivity index (χ1) is 12.8. The van der Waals surface area contributed by atoms with Crippen LogP contribution >= 0.6 is 0 Å². The van der Waals surface area contributed by atoms with Crippen molar-refractivity contribution < 1.29 is 9.53 Å². The number of rotatable bonds is 3. The van der Waals surface area contributed by atoms with Gasteiger partial charge in [0, 0.05) is 54.6 Å². The summed E-state index contributed by atoms with van der Waals surface area (Å²) in [5.41, 5.74) is 1.78. The fourth-order valence-electron chi connectivity index (χ4n) is 4.49. The number of hydrogen-bond donors (Lipinski definition) is 1. The van der Waals surface area contributed by atoms with Gasteiger partial charge in [0.25, 0.3) is 5.91 Å². The van der Waals surface area contributed by atoms with Crippen LogP contribution in [0, 0.1) is 0 Å². The van der Waals surface area contributed by atoms with Gasteiger partial charge in [0.1, 0.15) is 11.9 Å². The molecule has 2 saturated heterocycles. The molecule has 1 N–H and O–H groups in total. The highest BCUT2D eigenvalue weighted by Gasteiger charge is 2.44. The van der Waals surface area contributed by atoms with E-state index in [0.717, 1.165) is 47.9 Å². The van der Waals surface area contributed by atoms with Crippen LogP contribution < -0.4 is 4.74 Å². The largest absolute Gasteiger partial charge is 0.490 e. The van der Waals surface area contributed by atoms with Crippen LogP contribution in [0.1, 0.15) is 36.0 Å². The van der Waals surface area contributed by atoms with Gasteiger partial charge in [-0.2, -0.15) is 0 Å². The van der Waals surface area contributed by atoms with Crippen molar-refractivity contribution in [1.29, 1.82) is 0 Å². The molecule has 2 unspecified atom stereocenters. The number of hydrogen-bond acceptors (Lipinski definition) is 3. The molecule has 3 aromatic rings. The summed E-state index contributed by atoms with van der Waals surface area (Å²) >= 11 is 0. The third kappa shape index (κ3) is 2.64. The third-order valence-corrected chi connectivity index (χ3v) is 5.68. The van der Waals surface area contributed by atoms with Gasteiger partial charge in [-0.25, -0.2) is 0 Å². The number of aromatic amines is 1. The van der Waals surface area contributed by atoms with Crippen LogP contribution in [-0.2, 0) is 0 Å². The lowest BCUT2D eigenvalue weighted by Crippen LogP contribution is -2.49. The molecule has 0 radical (unpaired) electrons. The maximum Gasteiger partial charge on any atom is 0.254 e. The highest BCUT2D eigenvalue weighted by molar-refractivity contribution is 5.98. The molecule has 0 spiro atoms. The van der Waals surface area contributed by atoms with Gasteiger partial charge in [0.05, 0.1) is 0 Å². The molecular formula is C21H21N3O2. The Balaban J connectivity index is 1.34. The summed E-state index contributed by atoms with van der Waals surface area (Å²) in [4.78, 5) is 22.5. The number of fused-ring (bicyclic) bond motifs is 3. The van der Waals surface area contributed by atoms with E-state index in [0.29, 0.717) is 0 Å². The second-order valence-electron chi connectivity index (χ2n) is 7.27. The van der Waals surface area contributed by atoms with Gasteiger partial charge in [0.15, 0.2) is 0 Å². The van der Waals surface area contributed by atoms with E-state index in [4.69, 9.17) is 4.74 Å². The lowest BCUT2D eigenvalue weighted by atomic mass is 9.98. The van der Waals surface area contributed by atoms with Gasteiger partial charge in [-0.05, 0) is 48.6 Å². The van der Waals surface area contributed by atoms with Gasteiger partial charge in [-0.15, -0.1) is 0 Å². The molecule has 132 valence electrons. The molecule has 2 atom stereocenters. The molecule has 1 amide bonds. The van der Waals surface area contributed by atoms with E-state index in [1.807, 2.05) is 42.6 Å². The molecule has 5 heteroatoms. The van der Waals surface area contributed by atoms with Crippen LogP contribution in [0.15, 0.2) is 55.0 Å². The second kappa shape index (κ2) is 6.16. The summed E-state index contributed by atoms with van der Waals surface area (Å²) in [7, 11) is 0. The summed E-state index contributed by atoms with van der Waals surface area (Å²) in [6.07, 6.45) is 9.51. The first-order valence-electron chi connectivity index (χ1n) is 9.24. The number of pyridine rings is 1. The molecule has 4 heterocycles. The molecule has 2 fully saturated rings. The topological polar surface area (TPSA) is 58.2 Å². The minimum Gasteiger partial charge on any atom is -0.490 e. The zero-order valence-electron chi connectivity index (χ0n) is 14.5. The summed E-state index contributed by atoms with van der Waals surface area (Å²) < 4.78 is 6.13. The first kappa shape index (κ1) is 15.4. The monoisotopic (exact) mass is 347 g/mol. The van der Waals surface area contributed by atoms with Crippen LogP contribution in [0.25, 0.3) is 10.9 Å². The Morgan fingerprint density at radius 2 is 1.85 bits per heavy atom. The van der Waals surface area contributed by atoms with Crippen molar-refractivity contribution in [2.75, 3.05) is 0 Å². The molecular weight excluding hydrogens is 326 g/mol. The standard InChI is InChI=1S/C21H21N3O2/c25-21(15-2-1-14-5-10-23-20(14)11-15)24-16-3-4-17(24)13-19(12-16)26-18-6-8-22-9-7-18/h1-2,5-11,16-17,19,23H,3-4,12-13H2. The lowest BCUT2D eigenvalue weighted by Gasteiger charge is -2.39. The third-order valence-electron chi connectivity index (χ3n) is 5.68. The number of amides is 1. The molecule has 2 aliphatic rings. The molecule has 5 nitrogen and oxygen atoms in total. The van der Waals surface area contributed by atoms with Gasteiger partial charge in [-0.1, -0.05) is 6.07 Å². The minimum atomic E-state index is 0.149. The number of nitrogens with one attached hydrogen (secondary N) is 1. The lowest BCUT2D eigenvalue weighted by molar-refractivity contribution is 0.0359. The number of carbonyl (C=O) groups is 1. The van der Waals surface area contributed by atoms with E-state index in [-0.39, 0.29) is 24.1 Å². The summed E-state index contributed by atoms with van der Waals surface area (Å²) in [6.45, 7) is 0. The van der Waals surface area contributed by atoms with E-state index in [1.165, 1.54) is 0 Å². The molecule has 26 heavy (non-hydrogen) atoms. The molecule has 1 aromatic carbocycles. The smallest absolute Gasteiger partial charge is 0.254 e. The fourth-order valence-corrected chi connectivity index (χ4v) is 4.49. The Morgan fingerprint density at radius 3 is 2.62 bits per heavy atom. The number of carbonyl (C=O) groups excluding carboxylic acids is 1. The average Bonchev–Trinajstić information content (AvgIpc) is 3.24. The molecule has 5 rings (SSSR count). The van der Waals surface area contributed by atoms with E-state index in [1.54, 1.807) is 12.4 Å². The van der Waals surface area contributed by atoms with Gasteiger partial charge < -0.3 is 14.6 Å². The molecule has 2 bridgehead atoms. The summed E-state index contributed by atoms with van der Waals surface area (Å²) in [5, 5.41) is 1.13. The summed E-state index contributed by atoms with van der Waals surface area (Å²) in [5.74, 6) is 1.01. The van der Waals surface area contributed by atoms with Crippen molar-refractivity contribution in [3.63, 3.8) is 0 Å². The first-order valence-corrected chi connectivity index (χ1v) is 9.24. The quantitative estimate of drug-likeness (QED) is 0.784. The Kier molecular flexibility index (Phi) is 3.66. The zero-order valence-corrected chi connectivity index (χ0v) is 14.5. The predicted octanol–water partition coefficient (Wildman–Crippen LogP) is 3.78. The maximum atomic E-state index is 13.2. The Bertz CT molecular complexity index is 923. The average molecular weight is 347 g/mol. The highest BCUT2D eigenvalue weighted by Crippen LogP contribution is 2.38. The molecule has 0 saturated carbocycles. The van der Waals surface area contributed by atoms with Crippen molar-refractivity contribution in [3.05, 3.63) is 60.6 Å². The highest BCUT2D eigenvalue weighted by atomic mass is 16.5. The Morgan fingerprint density at radius 1 is 1.08 bits per heavy atom. The number of benzene rings is 1. The van der Waals surface area contributed by atoms with Crippen LogP contribution in [0.5, 0.6) is 5.75 Å². The minimum absolute atomic E-state index is 0.149. The number of aromatic nitrogens is 2. The molecule has 2 aliphatic heterocycles. The van der Waals surface area contributed by atoms with E-state index in [2.05, 4.69) is 14.9 Å². The van der Waals surface area contributed by atoms with Gasteiger partial charge >= 0.3 is 0 Å². The Hall–Kier alpha value is -2.82. The zero-order chi connectivity index (χ0) is 17.5. The van der Waals surface area contributed by atoms with Gasteiger partial charge in [0.2, 0.25) is 0 Å². The van der Waals surface area contributed by atoms with Crippen LogP contribution in [-0.4, -0.2) is 39.0 Å². The van der Waals surface area contributed by atoms with Crippen molar-refractivity contribution in [2.45, 2.75) is 43.9 Å². The second-order valence-corrected chi connectivity index (χ2v) is 7.27. The van der Waals surface area contributed by atoms with Crippen molar-refractivity contribution in [3.8, 4) is 5.75 Å². The van der Waals surface area contributed by atoms with E-state index >= 15 is 0 Å². The van der Waals surface area contributed by atoms with Crippen LogP contribution in [0.3, 0.4) is 0 Å². The number of nitrogens with zero attached hydrogens (tertiary/aromatic N) is 2. The van der Waals surface area contributed by atoms with Crippen molar-refractivity contribution >= 4 is 16.8 Å². The van der Waals surface area contributed by atoms with E-state index in [9.17, 15) is 4.79 Å². The number of piperidine rings is 1. The van der Waals surface area contributed by atoms with Gasteiger partial charge in [-0.3, -0.25) is 9.78 Å². The van der Waals surface area contributed by atoms with E-state index < -0.39 is 0 Å². The number of ether oxygens (including phenoxy) is 1. The fraction of sp³-hybridized carbons (Fsp3) is 0.333. The normalized spacial score (nSPS) is 24.8. The molecule has 0 aliphatic carbocycles. The predicted molar refractivity (Wildman–Crippen MR) is 99.2 cm³/mol. The summed E-state index contributed by atoms with van der Waals surface area (Å²) in [6, 6.07) is 12.3. The molecule has 2 aromatic heterocycles. The SMILES string of the molecule is O=C(c1ccc2cc[nH]c2c1)N1C2CCC1CC(Oc1ccncc1)C2. The van der Waals surface area contributed by atoms with Crippen LogP contribution in [0.4, 0.5) is 0 Å². The number of H-pyrrole nitrogens is 1. The maximum absolute atomic E-state index is 13.2. The van der Waals surface area contributed by atoms with Crippen molar-refractivity contribution in [2.24, 2.45) is 0 Å². The Labute approximate surface area is 152 Å². The van der Waals surface area contributed by atoms with Crippen LogP contribution in [0.2, 0.25) is 0 Å².